The zero-order chi connectivity index (χ0) is 29.2. The smallest absolute Gasteiger partial charge is 0.449 e. The van der Waals surface area contributed by atoms with Crippen LogP contribution in [0, 0.1) is 0 Å². The molecule has 0 bridgehead atoms. The number of unbranched alkanes of at least 4 members (excludes halogenated alkanes) is 12. The SMILES string of the molecule is CCCCCCCCCc1ccc(S(OC(=O)O)(c2ccccc2)c2ccc(CCCCCCCCC)cc2)cc1. The molecule has 3 aromatic carbocycles. The van der Waals surface area contributed by atoms with E-state index < -0.39 is 16.5 Å². The molecule has 0 aromatic heterocycles. The van der Waals surface area contributed by atoms with Gasteiger partial charge in [0.15, 0.2) is 0 Å². The van der Waals surface area contributed by atoms with Crippen molar-refractivity contribution in [1.82, 2.24) is 0 Å². The van der Waals surface area contributed by atoms with Crippen LogP contribution in [-0.4, -0.2) is 11.3 Å². The minimum atomic E-state index is -2.44. The van der Waals surface area contributed by atoms with Gasteiger partial charge in [-0.25, -0.2) is 4.79 Å². The highest BCUT2D eigenvalue weighted by Crippen LogP contribution is 2.69. The topological polar surface area (TPSA) is 46.5 Å². The van der Waals surface area contributed by atoms with E-state index in [0.29, 0.717) is 0 Å². The molecule has 0 fully saturated rings. The molecule has 1 N–H and O–H groups in total. The third kappa shape index (κ3) is 10.6. The van der Waals surface area contributed by atoms with Gasteiger partial charge in [-0.05, 0) is 83.5 Å². The van der Waals surface area contributed by atoms with Crippen LogP contribution in [0.2, 0.25) is 0 Å². The van der Waals surface area contributed by atoms with Gasteiger partial charge in [0.1, 0.15) is 0 Å². The van der Waals surface area contributed by atoms with Crippen molar-refractivity contribution in [3.05, 3.63) is 90.0 Å². The highest BCUT2D eigenvalue weighted by Gasteiger charge is 2.35. The Hall–Kier alpha value is -2.72. The lowest BCUT2D eigenvalue weighted by molar-refractivity contribution is 0.150. The summed E-state index contributed by atoms with van der Waals surface area (Å²) in [5, 5.41) is 9.98. The van der Waals surface area contributed by atoms with Crippen LogP contribution >= 0.6 is 10.3 Å². The zero-order valence-electron chi connectivity index (χ0n) is 25.5. The summed E-state index contributed by atoms with van der Waals surface area (Å²) >= 11 is 0. The van der Waals surface area contributed by atoms with Crippen molar-refractivity contribution in [2.75, 3.05) is 0 Å². The lowest BCUT2D eigenvalue weighted by atomic mass is 10.0. The van der Waals surface area contributed by atoms with Crippen LogP contribution in [0.3, 0.4) is 0 Å². The molecule has 0 spiro atoms. The number of carboxylic acid groups (broad SMARTS) is 1. The van der Waals surface area contributed by atoms with Gasteiger partial charge in [-0.1, -0.05) is 133 Å². The van der Waals surface area contributed by atoms with Crippen LogP contribution in [0.5, 0.6) is 0 Å². The summed E-state index contributed by atoms with van der Waals surface area (Å²) in [6.07, 6.45) is 19.0. The van der Waals surface area contributed by atoms with E-state index in [9.17, 15) is 9.90 Å². The Balaban J connectivity index is 1.76. The average Bonchev–Trinajstić information content (AvgIpc) is 3.00. The second-order valence-corrected chi connectivity index (χ2v) is 13.9. The lowest BCUT2D eigenvalue weighted by Crippen LogP contribution is -2.12. The van der Waals surface area contributed by atoms with E-state index in [0.717, 1.165) is 27.5 Å². The molecular formula is C37H52O3S. The normalized spacial score (nSPS) is 11.9. The molecular weight excluding hydrogens is 524 g/mol. The van der Waals surface area contributed by atoms with E-state index in [1.165, 1.54) is 101 Å². The van der Waals surface area contributed by atoms with Crippen molar-refractivity contribution in [3.63, 3.8) is 0 Å². The quantitative estimate of drug-likeness (QED) is 0.136. The molecule has 0 atom stereocenters. The number of hydrogen-bond donors (Lipinski definition) is 1. The standard InChI is InChI=1S/C37H52O3S/c1-3-5-7-9-11-13-16-20-32-24-28-35(29-25-32)41(40-37(38)39,34-22-18-15-19-23-34)36-30-26-33(27-31-36)21-17-14-12-10-8-6-4-2/h15,18-19,22-31H,3-14,16-17,20-21H2,1-2H3,(H,38,39). The van der Waals surface area contributed by atoms with E-state index in [-0.39, 0.29) is 0 Å². The fourth-order valence-corrected chi connectivity index (χ4v) is 8.44. The molecule has 0 saturated carbocycles. The van der Waals surface area contributed by atoms with Crippen LogP contribution in [0.1, 0.15) is 115 Å². The van der Waals surface area contributed by atoms with Gasteiger partial charge < -0.3 is 9.29 Å². The molecule has 0 aliphatic carbocycles. The maximum atomic E-state index is 12.2. The molecule has 0 radical (unpaired) electrons. The average molecular weight is 577 g/mol. The largest absolute Gasteiger partial charge is 0.517 e. The number of carbonyl (C=O) groups is 1. The van der Waals surface area contributed by atoms with E-state index >= 15 is 0 Å². The molecule has 0 heterocycles. The number of aryl methyl sites for hydroxylation is 2. The van der Waals surface area contributed by atoms with Crippen LogP contribution < -0.4 is 0 Å². The first-order valence-electron chi connectivity index (χ1n) is 16.1. The minimum Gasteiger partial charge on any atom is -0.449 e. The van der Waals surface area contributed by atoms with Gasteiger partial charge in [0.2, 0.25) is 0 Å². The predicted octanol–water partition coefficient (Wildman–Crippen LogP) is 12.2. The van der Waals surface area contributed by atoms with Crippen molar-refractivity contribution >= 4 is 16.5 Å². The summed E-state index contributed by atoms with van der Waals surface area (Å²) in [5.74, 6) is 0. The Labute approximate surface area is 251 Å². The van der Waals surface area contributed by atoms with E-state index in [1.54, 1.807) is 0 Å². The monoisotopic (exact) mass is 576 g/mol. The van der Waals surface area contributed by atoms with E-state index in [2.05, 4.69) is 62.4 Å². The highest BCUT2D eigenvalue weighted by molar-refractivity contribution is 8.30. The summed E-state index contributed by atoms with van der Waals surface area (Å²) in [6, 6.07) is 26.9. The molecule has 224 valence electrons. The first kappa shape index (κ1) is 32.8. The molecule has 4 heteroatoms. The van der Waals surface area contributed by atoms with Crippen molar-refractivity contribution in [2.24, 2.45) is 0 Å². The highest BCUT2D eigenvalue weighted by atomic mass is 32.3. The van der Waals surface area contributed by atoms with Crippen LogP contribution in [0.15, 0.2) is 93.5 Å². The number of benzene rings is 3. The Morgan fingerprint density at radius 3 is 1.29 bits per heavy atom. The zero-order valence-corrected chi connectivity index (χ0v) is 26.3. The van der Waals surface area contributed by atoms with Crippen LogP contribution in [0.25, 0.3) is 0 Å². The van der Waals surface area contributed by atoms with Crippen molar-refractivity contribution in [1.29, 1.82) is 0 Å². The summed E-state index contributed by atoms with van der Waals surface area (Å²) in [6.45, 7) is 4.51. The summed E-state index contributed by atoms with van der Waals surface area (Å²) in [5.41, 5.74) is 2.59. The maximum absolute atomic E-state index is 12.2. The Kier molecular flexibility index (Phi) is 14.9. The van der Waals surface area contributed by atoms with Crippen molar-refractivity contribution in [3.8, 4) is 0 Å². The Morgan fingerprint density at radius 1 is 0.537 bits per heavy atom. The van der Waals surface area contributed by atoms with E-state index in [1.807, 2.05) is 30.3 Å². The summed E-state index contributed by atoms with van der Waals surface area (Å²) in [7, 11) is -2.44. The second-order valence-electron chi connectivity index (χ2n) is 11.2. The van der Waals surface area contributed by atoms with Crippen molar-refractivity contribution < 1.29 is 14.1 Å². The van der Waals surface area contributed by atoms with Gasteiger partial charge in [-0.2, -0.15) is 0 Å². The Bertz CT molecular complexity index is 1050. The molecule has 0 saturated heterocycles. The molecule has 0 amide bonds. The molecule has 3 rings (SSSR count). The van der Waals surface area contributed by atoms with Gasteiger partial charge in [-0.15, -0.1) is 0 Å². The second kappa shape index (κ2) is 18.7. The van der Waals surface area contributed by atoms with Gasteiger partial charge >= 0.3 is 6.16 Å². The van der Waals surface area contributed by atoms with Crippen LogP contribution in [0.4, 0.5) is 4.79 Å². The predicted molar refractivity (Wildman–Crippen MR) is 174 cm³/mol. The first-order valence-corrected chi connectivity index (χ1v) is 17.6. The van der Waals surface area contributed by atoms with E-state index in [4.69, 9.17) is 4.18 Å². The fourth-order valence-electron chi connectivity index (χ4n) is 5.54. The third-order valence-electron chi connectivity index (χ3n) is 7.92. The number of rotatable bonds is 20. The van der Waals surface area contributed by atoms with Gasteiger partial charge in [0, 0.05) is 14.7 Å². The molecule has 41 heavy (non-hydrogen) atoms. The summed E-state index contributed by atoms with van der Waals surface area (Å²) in [4.78, 5) is 14.9. The Morgan fingerprint density at radius 2 is 0.902 bits per heavy atom. The molecule has 3 aromatic rings. The summed E-state index contributed by atoms with van der Waals surface area (Å²) < 4.78 is 5.97. The fraction of sp³-hybridized carbons (Fsp3) is 0.486. The first-order chi connectivity index (χ1) is 20.1. The van der Waals surface area contributed by atoms with Gasteiger partial charge in [0.25, 0.3) is 0 Å². The van der Waals surface area contributed by atoms with Gasteiger partial charge in [-0.3, -0.25) is 0 Å². The molecule has 0 aliphatic rings. The molecule has 0 unspecified atom stereocenters. The van der Waals surface area contributed by atoms with Crippen molar-refractivity contribution in [2.45, 2.75) is 131 Å². The van der Waals surface area contributed by atoms with Crippen LogP contribution in [-0.2, 0) is 17.0 Å². The minimum absolute atomic E-state index is 0.891. The molecule has 0 aliphatic heterocycles. The van der Waals surface area contributed by atoms with Gasteiger partial charge in [0.05, 0.1) is 0 Å². The maximum Gasteiger partial charge on any atom is 0.517 e. The number of hydrogen-bond acceptors (Lipinski definition) is 2. The lowest BCUT2D eigenvalue weighted by Gasteiger charge is -2.38. The molecule has 3 nitrogen and oxygen atoms in total. The third-order valence-corrected chi connectivity index (χ3v) is 11.1.